The van der Waals surface area contributed by atoms with E-state index in [2.05, 4.69) is 382 Å². The smallest absolute Gasteiger partial charge is 0.161 e. The van der Waals surface area contributed by atoms with Gasteiger partial charge in [0, 0.05) is 89.8 Å². The Balaban J connectivity index is 0.000000144. The molecule has 8 heteroatoms. The van der Waals surface area contributed by atoms with E-state index < -0.39 is 0 Å². The summed E-state index contributed by atoms with van der Waals surface area (Å²) in [6, 6.07) is 143. The topological polar surface area (TPSA) is 68.4 Å². The van der Waals surface area contributed by atoms with E-state index in [0.29, 0.717) is 0 Å². The molecule has 0 spiro atoms. The van der Waals surface area contributed by atoms with E-state index in [9.17, 15) is 0 Å². The molecule has 0 saturated carbocycles. The van der Waals surface area contributed by atoms with E-state index in [0.717, 1.165) is 167 Å². The fourth-order valence-electron chi connectivity index (χ4n) is 15.7. The summed E-state index contributed by atoms with van der Waals surface area (Å²) in [6.45, 7) is 0. The minimum Gasteiger partial charge on any atom is -0.454 e. The lowest BCUT2D eigenvalue weighted by atomic mass is 10.0. The van der Waals surface area contributed by atoms with Crippen molar-refractivity contribution in [1.82, 2.24) is 19.1 Å². The molecule has 0 atom stereocenters. The molecule has 0 radical (unpaired) electrons. The minimum atomic E-state index is 0.898. The van der Waals surface area contributed by atoms with Crippen molar-refractivity contribution in [2.24, 2.45) is 0 Å². The standard InChI is InChI=1S/C53H35N3O.C49H33N3O/c1-2-11-36(12-3-1)37-21-28-42(29-22-37)55(43-32-25-40(26-33-43)49-34-27-39-13-4-7-18-48(39)54-49)45-15-10-14-41(35-45)38-23-30-44(31-24-38)56-50-19-8-5-16-46(50)53-52(56)47-17-6-9-20-51(47)57-53;1-2-11-34(12-3-1)35-20-26-39(27-21-35)51(40-30-24-37(25-31-40)45-17-8-9-32-50-45)42-14-10-13-38(33-42)36-22-28-41(29-23-36)52-46-18-6-4-15-43(46)49-48(52)44-16-5-7-19-47(44)53-49/h1-35H;1-33H. The molecule has 0 aliphatic carbocycles. The Bertz CT molecular complexity index is 6810. The molecule has 0 amide bonds. The third kappa shape index (κ3) is 12.0. The van der Waals surface area contributed by atoms with Gasteiger partial charge < -0.3 is 27.8 Å². The number of para-hydroxylation sites is 5. The van der Waals surface area contributed by atoms with Gasteiger partial charge in [-0.05, 0) is 214 Å². The number of rotatable bonds is 14. The molecule has 0 unspecified atom stereocenters. The zero-order valence-electron chi connectivity index (χ0n) is 59.8. The molecular weight excluding hydrogens is 1340 g/mol. The summed E-state index contributed by atoms with van der Waals surface area (Å²) in [5, 5.41) is 5.58. The Kier molecular flexibility index (Phi) is 16.4. The molecule has 0 bridgehead atoms. The van der Waals surface area contributed by atoms with Crippen molar-refractivity contribution in [2.45, 2.75) is 0 Å². The number of anilines is 6. The molecule has 21 aromatic rings. The molecule has 0 saturated heterocycles. The van der Waals surface area contributed by atoms with Crippen LogP contribution in [0.3, 0.4) is 0 Å². The Morgan fingerprint density at radius 2 is 0.600 bits per heavy atom. The van der Waals surface area contributed by atoms with E-state index in [4.69, 9.17) is 13.8 Å². The summed E-state index contributed by atoms with van der Waals surface area (Å²) in [7, 11) is 0. The van der Waals surface area contributed by atoms with Gasteiger partial charge in [-0.25, -0.2) is 4.98 Å². The van der Waals surface area contributed by atoms with E-state index in [1.807, 2.05) is 54.7 Å². The Morgan fingerprint density at radius 3 is 1.06 bits per heavy atom. The lowest BCUT2D eigenvalue weighted by molar-refractivity contribution is 0.672. The zero-order chi connectivity index (χ0) is 72.9. The molecule has 21 rings (SSSR count). The maximum absolute atomic E-state index is 6.41. The highest BCUT2D eigenvalue weighted by molar-refractivity contribution is 6.18. The van der Waals surface area contributed by atoms with Crippen LogP contribution in [0.15, 0.2) is 421 Å². The monoisotopic (exact) mass is 1410 g/mol. The maximum Gasteiger partial charge on any atom is 0.161 e. The van der Waals surface area contributed by atoms with Gasteiger partial charge in [0.2, 0.25) is 0 Å². The first-order chi connectivity index (χ1) is 54.5. The number of furan rings is 2. The fourth-order valence-corrected chi connectivity index (χ4v) is 15.7. The molecule has 518 valence electrons. The first-order valence-electron chi connectivity index (χ1n) is 37.2. The number of fused-ring (bicyclic) bond motifs is 11. The van der Waals surface area contributed by atoms with E-state index in [-0.39, 0.29) is 0 Å². The third-order valence-corrected chi connectivity index (χ3v) is 21.1. The van der Waals surface area contributed by atoms with E-state index >= 15 is 0 Å². The molecule has 0 N–H and O–H groups in total. The average Bonchev–Trinajstić information content (AvgIpc) is 1.56. The fraction of sp³-hybridized carbons (Fsp3) is 0. The number of hydrogen-bond donors (Lipinski definition) is 0. The van der Waals surface area contributed by atoms with Crippen LogP contribution in [0.2, 0.25) is 0 Å². The molecule has 0 fully saturated rings. The first kappa shape index (κ1) is 64.7. The summed E-state index contributed by atoms with van der Waals surface area (Å²) in [4.78, 5) is 14.2. The van der Waals surface area contributed by atoms with Gasteiger partial charge in [0.15, 0.2) is 11.2 Å². The van der Waals surface area contributed by atoms with Crippen LogP contribution in [0.1, 0.15) is 0 Å². The second-order valence-electron chi connectivity index (χ2n) is 27.6. The number of nitrogens with zero attached hydrogens (tertiary/aromatic N) is 6. The van der Waals surface area contributed by atoms with Gasteiger partial charge in [-0.1, -0.05) is 237 Å². The van der Waals surface area contributed by atoms with Gasteiger partial charge in [-0.3, -0.25) is 4.98 Å². The Morgan fingerprint density at radius 1 is 0.236 bits per heavy atom. The third-order valence-electron chi connectivity index (χ3n) is 21.1. The summed E-state index contributed by atoms with van der Waals surface area (Å²) < 4.78 is 17.5. The highest BCUT2D eigenvalue weighted by atomic mass is 16.3. The molecular formula is C102H68N6O2. The summed E-state index contributed by atoms with van der Waals surface area (Å²) in [5.74, 6) is 0. The molecule has 0 aliphatic rings. The van der Waals surface area contributed by atoms with Crippen LogP contribution in [0.5, 0.6) is 0 Å². The minimum absolute atomic E-state index is 0.898. The van der Waals surface area contributed by atoms with E-state index in [1.165, 1.54) is 22.3 Å². The van der Waals surface area contributed by atoms with Crippen molar-refractivity contribution in [3.05, 3.63) is 413 Å². The number of aromatic nitrogens is 4. The molecule has 8 nitrogen and oxygen atoms in total. The molecule has 110 heavy (non-hydrogen) atoms. The van der Waals surface area contributed by atoms with Crippen molar-refractivity contribution in [3.63, 3.8) is 0 Å². The van der Waals surface area contributed by atoms with Gasteiger partial charge in [0.1, 0.15) is 22.2 Å². The summed E-state index contributed by atoms with van der Waals surface area (Å²) in [5.41, 5.74) is 31.1. The Hall–Kier alpha value is -14.9. The van der Waals surface area contributed by atoms with Crippen LogP contribution in [0.25, 0.3) is 155 Å². The van der Waals surface area contributed by atoms with Crippen LogP contribution in [-0.2, 0) is 0 Å². The van der Waals surface area contributed by atoms with Gasteiger partial charge >= 0.3 is 0 Å². The van der Waals surface area contributed by atoms with Gasteiger partial charge in [-0.15, -0.1) is 0 Å². The number of hydrogen-bond acceptors (Lipinski definition) is 6. The van der Waals surface area contributed by atoms with Crippen molar-refractivity contribution >= 4 is 111 Å². The van der Waals surface area contributed by atoms with Crippen LogP contribution in [0.4, 0.5) is 34.1 Å². The van der Waals surface area contributed by atoms with Gasteiger partial charge in [0.05, 0.1) is 27.9 Å². The van der Waals surface area contributed by atoms with Crippen molar-refractivity contribution < 1.29 is 8.83 Å². The molecule has 6 aromatic heterocycles. The highest BCUT2D eigenvalue weighted by Crippen LogP contribution is 2.45. The van der Waals surface area contributed by atoms with E-state index in [1.54, 1.807) is 0 Å². The average molecular weight is 1410 g/mol. The van der Waals surface area contributed by atoms with Crippen molar-refractivity contribution in [1.29, 1.82) is 0 Å². The lowest BCUT2D eigenvalue weighted by Crippen LogP contribution is -2.10. The van der Waals surface area contributed by atoms with Crippen LogP contribution in [-0.4, -0.2) is 19.1 Å². The quantitative estimate of drug-likeness (QED) is 0.108. The predicted octanol–water partition coefficient (Wildman–Crippen LogP) is 27.9. The van der Waals surface area contributed by atoms with Crippen LogP contribution < -0.4 is 9.80 Å². The lowest BCUT2D eigenvalue weighted by Gasteiger charge is -2.26. The molecule has 6 heterocycles. The first-order valence-corrected chi connectivity index (χ1v) is 37.2. The predicted molar refractivity (Wildman–Crippen MR) is 456 cm³/mol. The normalized spacial score (nSPS) is 11.5. The van der Waals surface area contributed by atoms with Gasteiger partial charge in [-0.2, -0.15) is 0 Å². The van der Waals surface area contributed by atoms with Gasteiger partial charge in [0.25, 0.3) is 0 Å². The van der Waals surface area contributed by atoms with Crippen molar-refractivity contribution in [3.8, 4) is 78.4 Å². The van der Waals surface area contributed by atoms with Crippen LogP contribution >= 0.6 is 0 Å². The maximum atomic E-state index is 6.41. The SMILES string of the molecule is c1ccc(-c2ccc(N(c3ccc(-c4ccc5ccccc5n4)cc3)c3cccc(-c4ccc(-n5c6ccccc6c6oc7ccccc7c65)cc4)c3)cc2)cc1.c1ccc(-c2ccc(N(c3ccc(-c4ccccn4)cc3)c3cccc(-c4ccc(-n5c6ccccc6c6oc7ccccc7c65)cc4)c3)cc2)cc1. The largest absolute Gasteiger partial charge is 0.454 e. The van der Waals surface area contributed by atoms with Crippen LogP contribution in [0, 0.1) is 0 Å². The molecule has 0 aliphatic heterocycles. The summed E-state index contributed by atoms with van der Waals surface area (Å²) in [6.07, 6.45) is 1.84. The highest BCUT2D eigenvalue weighted by Gasteiger charge is 2.23. The van der Waals surface area contributed by atoms with Crippen molar-refractivity contribution in [2.75, 3.05) is 9.80 Å². The number of pyridine rings is 2. The Labute approximate surface area is 635 Å². The zero-order valence-corrected chi connectivity index (χ0v) is 59.8. The molecule has 15 aromatic carbocycles. The second-order valence-corrected chi connectivity index (χ2v) is 27.6. The summed E-state index contributed by atoms with van der Waals surface area (Å²) >= 11 is 0. The second kappa shape index (κ2) is 27.9. The number of benzene rings is 15.